The van der Waals surface area contributed by atoms with Gasteiger partial charge in [-0.25, -0.2) is 8.42 Å². The van der Waals surface area contributed by atoms with E-state index >= 15 is 0 Å². The van der Waals surface area contributed by atoms with Crippen LogP contribution in [-0.4, -0.2) is 50.5 Å². The predicted octanol–water partition coefficient (Wildman–Crippen LogP) is 6.60. The summed E-state index contributed by atoms with van der Waals surface area (Å²) < 4.78 is 66.8. The van der Waals surface area contributed by atoms with E-state index in [1.165, 1.54) is 6.07 Å². The quantitative estimate of drug-likeness (QED) is 0.234. The summed E-state index contributed by atoms with van der Waals surface area (Å²) in [6.45, 7) is 0.978. The van der Waals surface area contributed by atoms with Crippen molar-refractivity contribution in [3.05, 3.63) is 98.5 Å². The lowest BCUT2D eigenvalue weighted by Crippen LogP contribution is -2.53. The van der Waals surface area contributed by atoms with Gasteiger partial charge in [-0.05, 0) is 47.9 Å². The van der Waals surface area contributed by atoms with Crippen LogP contribution in [0.2, 0.25) is 15.1 Å². The molecule has 0 spiro atoms. The van der Waals surface area contributed by atoms with Gasteiger partial charge in [0.05, 0.1) is 22.5 Å². The van der Waals surface area contributed by atoms with Crippen LogP contribution in [0, 0.1) is 0 Å². The van der Waals surface area contributed by atoms with E-state index in [-0.39, 0.29) is 23.0 Å². The van der Waals surface area contributed by atoms with Crippen molar-refractivity contribution in [2.45, 2.75) is 38.5 Å². The highest BCUT2D eigenvalue weighted by Gasteiger charge is 2.36. The van der Waals surface area contributed by atoms with Gasteiger partial charge in [-0.1, -0.05) is 78.1 Å². The van der Waals surface area contributed by atoms with Gasteiger partial charge in [0.15, 0.2) is 0 Å². The largest absolute Gasteiger partial charge is 0.416 e. The Morgan fingerprint density at radius 3 is 2.21 bits per heavy atom. The highest BCUT2D eigenvalue weighted by molar-refractivity contribution is 7.92. The second-order valence-electron chi connectivity index (χ2n) is 9.69. The number of nitrogens with zero attached hydrogens (tertiary/aromatic N) is 2. The summed E-state index contributed by atoms with van der Waals surface area (Å²) in [6, 6.07) is 14.4. The molecule has 3 aromatic carbocycles. The van der Waals surface area contributed by atoms with Gasteiger partial charge in [-0.15, -0.1) is 0 Å². The Balaban J connectivity index is 2.13. The summed E-state index contributed by atoms with van der Waals surface area (Å²) in [5, 5.41) is 2.98. The number of rotatable bonds is 12. The molecule has 3 aromatic rings. The van der Waals surface area contributed by atoms with Gasteiger partial charge in [0.25, 0.3) is 0 Å². The van der Waals surface area contributed by atoms with Crippen LogP contribution < -0.4 is 9.62 Å². The first-order valence-corrected chi connectivity index (χ1v) is 16.0. The SMILES string of the molecule is CCCNC(=O)[C@H](Cc1ccccc1)N(Cc1ccc(Cl)cc1Cl)C(=O)CN(c1cc(C(F)(F)F)ccc1Cl)S(C)(=O)=O. The number of hydrogen-bond donors (Lipinski definition) is 1. The lowest BCUT2D eigenvalue weighted by Gasteiger charge is -2.34. The van der Waals surface area contributed by atoms with E-state index in [0.29, 0.717) is 45.6 Å². The zero-order chi connectivity index (χ0) is 31.9. The fourth-order valence-electron chi connectivity index (χ4n) is 4.23. The normalized spacial score (nSPS) is 12.5. The molecule has 0 aromatic heterocycles. The molecule has 0 aliphatic heterocycles. The number of carbonyl (C=O) groups is 2. The first kappa shape index (κ1) is 34.5. The van der Waals surface area contributed by atoms with Gasteiger partial charge in [0.1, 0.15) is 12.6 Å². The van der Waals surface area contributed by atoms with E-state index in [0.717, 1.165) is 17.2 Å². The molecule has 0 heterocycles. The average Bonchev–Trinajstić information content (AvgIpc) is 2.93. The summed E-state index contributed by atoms with van der Waals surface area (Å²) in [7, 11) is -4.35. The molecule has 0 saturated heterocycles. The first-order valence-electron chi connectivity index (χ1n) is 13.0. The van der Waals surface area contributed by atoms with Gasteiger partial charge in [-0.2, -0.15) is 13.2 Å². The molecule has 7 nitrogen and oxygen atoms in total. The minimum absolute atomic E-state index is 0.0521. The summed E-state index contributed by atoms with van der Waals surface area (Å²) in [4.78, 5) is 28.7. The van der Waals surface area contributed by atoms with Gasteiger partial charge < -0.3 is 10.2 Å². The summed E-state index contributed by atoms with van der Waals surface area (Å²) in [6.07, 6.45) is -3.40. The van der Waals surface area contributed by atoms with E-state index in [4.69, 9.17) is 34.8 Å². The van der Waals surface area contributed by atoms with Gasteiger partial charge in [-0.3, -0.25) is 13.9 Å². The van der Waals surface area contributed by atoms with Crippen molar-refractivity contribution in [3.63, 3.8) is 0 Å². The monoisotopic (exact) mass is 677 g/mol. The molecule has 2 amide bonds. The Bertz CT molecular complexity index is 1560. The molecule has 1 N–H and O–H groups in total. The molecule has 14 heteroatoms. The number of amides is 2. The van der Waals surface area contributed by atoms with E-state index in [2.05, 4.69) is 5.32 Å². The Morgan fingerprint density at radius 1 is 0.953 bits per heavy atom. The van der Waals surface area contributed by atoms with Gasteiger partial charge in [0.2, 0.25) is 21.8 Å². The fourth-order valence-corrected chi connectivity index (χ4v) is 5.82. The van der Waals surface area contributed by atoms with Crippen LogP contribution in [-0.2, 0) is 38.8 Å². The van der Waals surface area contributed by atoms with Crippen LogP contribution in [0.15, 0.2) is 66.7 Å². The number of hydrogen-bond acceptors (Lipinski definition) is 4. The van der Waals surface area contributed by atoms with Crippen LogP contribution in [0.3, 0.4) is 0 Å². The van der Waals surface area contributed by atoms with Gasteiger partial charge in [0, 0.05) is 29.6 Å². The van der Waals surface area contributed by atoms with E-state index < -0.39 is 51.9 Å². The third-order valence-corrected chi connectivity index (χ3v) is 8.43. The number of sulfonamides is 1. The van der Waals surface area contributed by atoms with Crippen LogP contribution in [0.5, 0.6) is 0 Å². The number of alkyl halides is 3. The van der Waals surface area contributed by atoms with Crippen molar-refractivity contribution in [3.8, 4) is 0 Å². The molecule has 0 aliphatic carbocycles. The lowest BCUT2D eigenvalue weighted by molar-refractivity contribution is -0.140. The van der Waals surface area contributed by atoms with Crippen LogP contribution in [0.1, 0.15) is 30.0 Å². The van der Waals surface area contributed by atoms with Gasteiger partial charge >= 0.3 is 6.18 Å². The number of nitrogens with one attached hydrogen (secondary N) is 1. The molecule has 43 heavy (non-hydrogen) atoms. The van der Waals surface area contributed by atoms with Crippen molar-refractivity contribution in [2.24, 2.45) is 0 Å². The maximum absolute atomic E-state index is 14.1. The van der Waals surface area contributed by atoms with Crippen molar-refractivity contribution < 1.29 is 31.2 Å². The molecule has 232 valence electrons. The summed E-state index contributed by atoms with van der Waals surface area (Å²) >= 11 is 18.6. The maximum Gasteiger partial charge on any atom is 0.416 e. The number of benzene rings is 3. The van der Waals surface area contributed by atoms with E-state index in [1.807, 2.05) is 6.92 Å². The number of halogens is 6. The lowest BCUT2D eigenvalue weighted by atomic mass is 10.0. The first-order chi connectivity index (χ1) is 20.1. The smallest absolute Gasteiger partial charge is 0.354 e. The standard InChI is InChI=1S/C29H29Cl3F3N3O4S/c1-3-13-36-28(40)26(14-19-7-5-4-6-8-19)37(17-20-9-11-22(30)16-24(20)32)27(39)18-38(43(2,41)42)25-15-21(29(33,34)35)10-12-23(25)31/h4-12,15-16,26H,3,13-14,17-18H2,1-2H3,(H,36,40)/t26-/m0/s1. The van der Waals surface area contributed by atoms with Crippen molar-refractivity contribution >= 4 is 62.3 Å². The topological polar surface area (TPSA) is 86.8 Å². The summed E-state index contributed by atoms with van der Waals surface area (Å²) in [5.41, 5.74) is -0.575. The number of anilines is 1. The Kier molecular flexibility index (Phi) is 11.8. The second kappa shape index (κ2) is 14.7. The highest BCUT2D eigenvalue weighted by Crippen LogP contribution is 2.36. The molecular weight excluding hydrogens is 650 g/mol. The zero-order valence-corrected chi connectivity index (χ0v) is 26.3. The summed E-state index contributed by atoms with van der Waals surface area (Å²) in [5.74, 6) is -1.38. The fraction of sp³-hybridized carbons (Fsp3) is 0.310. The zero-order valence-electron chi connectivity index (χ0n) is 23.2. The van der Waals surface area contributed by atoms with Crippen molar-refractivity contribution in [1.29, 1.82) is 0 Å². The molecule has 0 fully saturated rings. The Hall–Kier alpha value is -2.99. The average molecular weight is 679 g/mol. The molecular formula is C29H29Cl3F3N3O4S. The molecule has 0 saturated carbocycles. The van der Waals surface area contributed by atoms with E-state index in [9.17, 15) is 31.2 Å². The Morgan fingerprint density at radius 2 is 1.63 bits per heavy atom. The molecule has 0 aliphatic rings. The minimum atomic E-state index is -4.80. The number of carbonyl (C=O) groups excluding carboxylic acids is 2. The minimum Gasteiger partial charge on any atom is -0.354 e. The van der Waals surface area contributed by atoms with Crippen LogP contribution in [0.25, 0.3) is 0 Å². The van der Waals surface area contributed by atoms with Crippen LogP contribution in [0.4, 0.5) is 18.9 Å². The molecule has 0 unspecified atom stereocenters. The van der Waals surface area contributed by atoms with E-state index in [1.54, 1.807) is 42.5 Å². The Labute approximate surface area is 263 Å². The second-order valence-corrected chi connectivity index (χ2v) is 12.8. The van der Waals surface area contributed by atoms with Crippen molar-refractivity contribution in [2.75, 3.05) is 23.7 Å². The highest BCUT2D eigenvalue weighted by atomic mass is 35.5. The third kappa shape index (κ3) is 9.50. The molecule has 0 radical (unpaired) electrons. The predicted molar refractivity (Wildman–Crippen MR) is 163 cm³/mol. The molecule has 3 rings (SSSR count). The maximum atomic E-state index is 14.1. The molecule has 0 bridgehead atoms. The molecule has 1 atom stereocenters. The van der Waals surface area contributed by atoms with Crippen LogP contribution >= 0.6 is 34.8 Å². The van der Waals surface area contributed by atoms with Crippen molar-refractivity contribution in [1.82, 2.24) is 10.2 Å². The third-order valence-electron chi connectivity index (χ3n) is 6.40.